The maximum absolute atomic E-state index is 9.19. The van der Waals surface area contributed by atoms with Gasteiger partial charge in [-0.2, -0.15) is 0 Å². The number of hydrogen-bond donors (Lipinski definition) is 2. The Bertz CT molecular complexity index is 181. The molecule has 0 aromatic carbocycles. The van der Waals surface area contributed by atoms with Crippen molar-refractivity contribution in [2.24, 2.45) is 0 Å². The number of aliphatic hydroxyl groups is 2. The molecule has 0 bridgehead atoms. The highest BCUT2D eigenvalue weighted by Gasteiger charge is 2.32. The van der Waals surface area contributed by atoms with E-state index in [-0.39, 0.29) is 19.1 Å². The first kappa shape index (κ1) is 13.5. The average Bonchev–Trinajstić information content (AvgIpc) is 2.67. The maximum Gasteiger partial charge on any atom is 0.174 e. The number of hydrogen-bond acceptors (Lipinski definition) is 4. The van der Waals surface area contributed by atoms with Crippen molar-refractivity contribution in [2.75, 3.05) is 19.1 Å². The summed E-state index contributed by atoms with van der Waals surface area (Å²) in [5, 5.41) is 17.4. The molecule has 1 saturated heterocycles. The minimum atomic E-state index is -0.827. The van der Waals surface area contributed by atoms with Crippen LogP contribution < -0.4 is 0 Å². The van der Waals surface area contributed by atoms with E-state index in [9.17, 15) is 5.11 Å². The lowest BCUT2D eigenvalue weighted by Gasteiger charge is -2.18. The fraction of sp³-hybridized carbons (Fsp3) is 1.00. The molecule has 1 heterocycles. The standard InChI is InChI=1S/C9H16Cl2O4/c10-2-1-7-5-14-9(15-7)8(11)3-6(13)4-12/h6-9,12-13H,1-5H2. The van der Waals surface area contributed by atoms with Crippen LogP contribution in [0.25, 0.3) is 0 Å². The summed E-state index contributed by atoms with van der Waals surface area (Å²) in [4.78, 5) is 0. The molecule has 0 spiro atoms. The van der Waals surface area contributed by atoms with Crippen LogP contribution in [0.1, 0.15) is 12.8 Å². The van der Waals surface area contributed by atoms with Gasteiger partial charge in [-0.1, -0.05) is 0 Å². The lowest BCUT2D eigenvalue weighted by molar-refractivity contribution is -0.0671. The third-order valence-corrected chi connectivity index (χ3v) is 2.81. The molecule has 1 aliphatic rings. The first-order valence-electron chi connectivity index (χ1n) is 4.93. The van der Waals surface area contributed by atoms with E-state index in [2.05, 4.69) is 0 Å². The van der Waals surface area contributed by atoms with Gasteiger partial charge in [0.1, 0.15) is 0 Å². The van der Waals surface area contributed by atoms with Gasteiger partial charge in [-0.15, -0.1) is 23.2 Å². The molecule has 15 heavy (non-hydrogen) atoms. The van der Waals surface area contributed by atoms with Crippen LogP contribution >= 0.6 is 23.2 Å². The van der Waals surface area contributed by atoms with Gasteiger partial charge < -0.3 is 19.7 Å². The summed E-state index contributed by atoms with van der Waals surface area (Å²) in [7, 11) is 0. The van der Waals surface area contributed by atoms with Gasteiger partial charge in [0.25, 0.3) is 0 Å². The summed E-state index contributed by atoms with van der Waals surface area (Å²) in [5.74, 6) is 0.521. The van der Waals surface area contributed by atoms with Crippen molar-refractivity contribution in [3.8, 4) is 0 Å². The van der Waals surface area contributed by atoms with Crippen molar-refractivity contribution in [1.29, 1.82) is 0 Å². The topological polar surface area (TPSA) is 58.9 Å². The van der Waals surface area contributed by atoms with Crippen LogP contribution in [0, 0.1) is 0 Å². The monoisotopic (exact) mass is 258 g/mol. The van der Waals surface area contributed by atoms with Crippen LogP contribution in [-0.4, -0.2) is 53.2 Å². The van der Waals surface area contributed by atoms with E-state index >= 15 is 0 Å². The third-order valence-electron chi connectivity index (χ3n) is 2.21. The van der Waals surface area contributed by atoms with Crippen LogP contribution in [0.15, 0.2) is 0 Å². The lowest BCUT2D eigenvalue weighted by atomic mass is 10.2. The Morgan fingerprint density at radius 1 is 1.47 bits per heavy atom. The molecule has 0 saturated carbocycles. The Balaban J connectivity index is 2.26. The molecular formula is C9H16Cl2O4. The summed E-state index contributed by atoms with van der Waals surface area (Å²) in [6, 6.07) is 0. The fourth-order valence-electron chi connectivity index (χ4n) is 1.38. The number of ether oxygens (including phenoxy) is 2. The van der Waals surface area contributed by atoms with Gasteiger partial charge in [-0.25, -0.2) is 0 Å². The van der Waals surface area contributed by atoms with Crippen molar-refractivity contribution < 1.29 is 19.7 Å². The van der Waals surface area contributed by atoms with E-state index in [4.69, 9.17) is 37.8 Å². The molecule has 0 aromatic heterocycles. The molecule has 4 atom stereocenters. The quantitative estimate of drug-likeness (QED) is 0.690. The normalized spacial score (nSPS) is 30.4. The Morgan fingerprint density at radius 3 is 2.80 bits per heavy atom. The van der Waals surface area contributed by atoms with E-state index in [1.165, 1.54) is 0 Å². The number of aliphatic hydroxyl groups excluding tert-OH is 2. The smallest absolute Gasteiger partial charge is 0.174 e. The molecule has 4 unspecified atom stereocenters. The summed E-state index contributed by atoms with van der Waals surface area (Å²) >= 11 is 11.5. The molecule has 2 N–H and O–H groups in total. The van der Waals surface area contributed by atoms with E-state index < -0.39 is 17.8 Å². The van der Waals surface area contributed by atoms with Crippen molar-refractivity contribution >= 4 is 23.2 Å². The lowest BCUT2D eigenvalue weighted by Crippen LogP contribution is -2.28. The van der Waals surface area contributed by atoms with Crippen LogP contribution in [-0.2, 0) is 9.47 Å². The Kier molecular flexibility index (Phi) is 6.19. The Morgan fingerprint density at radius 2 is 2.20 bits per heavy atom. The molecule has 0 amide bonds. The van der Waals surface area contributed by atoms with E-state index in [0.29, 0.717) is 12.5 Å². The molecular weight excluding hydrogens is 243 g/mol. The van der Waals surface area contributed by atoms with Gasteiger partial charge in [-0.3, -0.25) is 0 Å². The first-order chi connectivity index (χ1) is 7.17. The SMILES string of the molecule is OCC(O)CC(Cl)C1OCC(CCCl)O1. The number of rotatable bonds is 6. The summed E-state index contributed by atoms with van der Waals surface area (Å²) < 4.78 is 10.8. The molecule has 1 fully saturated rings. The minimum Gasteiger partial charge on any atom is -0.394 e. The number of alkyl halides is 2. The zero-order valence-corrected chi connectivity index (χ0v) is 9.82. The summed E-state index contributed by atoms with van der Waals surface area (Å²) in [5.41, 5.74) is 0. The van der Waals surface area contributed by atoms with Crippen LogP contribution in [0.5, 0.6) is 0 Å². The second-order valence-corrected chi connectivity index (χ2v) is 4.46. The van der Waals surface area contributed by atoms with Crippen molar-refractivity contribution in [1.82, 2.24) is 0 Å². The van der Waals surface area contributed by atoms with Crippen molar-refractivity contribution in [2.45, 2.75) is 36.7 Å². The zero-order chi connectivity index (χ0) is 11.3. The molecule has 0 aliphatic carbocycles. The molecule has 1 rings (SSSR count). The zero-order valence-electron chi connectivity index (χ0n) is 8.31. The fourth-order valence-corrected chi connectivity index (χ4v) is 1.96. The highest BCUT2D eigenvalue weighted by Crippen LogP contribution is 2.23. The molecule has 6 heteroatoms. The predicted molar refractivity (Wildman–Crippen MR) is 57.3 cm³/mol. The minimum absolute atomic E-state index is 0.0139. The van der Waals surface area contributed by atoms with Crippen LogP contribution in [0.2, 0.25) is 0 Å². The molecule has 1 aliphatic heterocycles. The van der Waals surface area contributed by atoms with Gasteiger partial charge in [-0.05, 0) is 12.8 Å². The average molecular weight is 259 g/mol. The third kappa shape index (κ3) is 4.43. The largest absolute Gasteiger partial charge is 0.394 e. The predicted octanol–water partition coefficient (Wildman–Crippen LogP) is 0.707. The van der Waals surface area contributed by atoms with Gasteiger partial charge in [0.15, 0.2) is 6.29 Å². The first-order valence-corrected chi connectivity index (χ1v) is 5.90. The number of halogens is 2. The molecule has 0 aromatic rings. The second-order valence-electron chi connectivity index (χ2n) is 3.53. The van der Waals surface area contributed by atoms with Gasteiger partial charge in [0.05, 0.1) is 30.8 Å². The highest BCUT2D eigenvalue weighted by molar-refractivity contribution is 6.21. The second kappa shape index (κ2) is 6.89. The van der Waals surface area contributed by atoms with Gasteiger partial charge >= 0.3 is 0 Å². The summed E-state index contributed by atoms with van der Waals surface area (Å²) in [6.45, 7) is 0.177. The van der Waals surface area contributed by atoms with Crippen molar-refractivity contribution in [3.63, 3.8) is 0 Å². The molecule has 4 nitrogen and oxygen atoms in total. The van der Waals surface area contributed by atoms with Crippen LogP contribution in [0.3, 0.4) is 0 Å². The van der Waals surface area contributed by atoms with Crippen molar-refractivity contribution in [3.05, 3.63) is 0 Å². The van der Waals surface area contributed by atoms with E-state index in [1.807, 2.05) is 0 Å². The Hall–Kier alpha value is 0.420. The molecule has 0 radical (unpaired) electrons. The van der Waals surface area contributed by atoms with Crippen LogP contribution in [0.4, 0.5) is 0 Å². The van der Waals surface area contributed by atoms with Gasteiger partial charge in [0.2, 0.25) is 0 Å². The highest BCUT2D eigenvalue weighted by atomic mass is 35.5. The van der Waals surface area contributed by atoms with E-state index in [1.54, 1.807) is 0 Å². The van der Waals surface area contributed by atoms with E-state index in [0.717, 1.165) is 6.42 Å². The molecule has 90 valence electrons. The van der Waals surface area contributed by atoms with Gasteiger partial charge in [0, 0.05) is 5.88 Å². The summed E-state index contributed by atoms with van der Waals surface area (Å²) in [6.07, 6.45) is -0.381. The maximum atomic E-state index is 9.19. The Labute approximate surface area is 99.1 Å².